The lowest BCUT2D eigenvalue weighted by atomic mass is 9.94. The predicted octanol–water partition coefficient (Wildman–Crippen LogP) is 4.56. The molecule has 2 aromatic rings. The Balaban J connectivity index is 1.55. The summed E-state index contributed by atoms with van der Waals surface area (Å²) in [4.78, 5) is 14.7. The molecule has 0 bridgehead atoms. The van der Waals surface area contributed by atoms with E-state index in [1.54, 1.807) is 7.11 Å². The molecule has 6 nitrogen and oxygen atoms in total. The van der Waals surface area contributed by atoms with Crippen molar-refractivity contribution < 1.29 is 9.53 Å². The van der Waals surface area contributed by atoms with Crippen molar-refractivity contribution in [3.8, 4) is 5.75 Å². The maximum absolute atomic E-state index is 12.7. The molecular formula is C19H26N4O2S2. The average Bonchev–Trinajstić information content (AvgIpc) is 3.14. The number of carbonyl (C=O) groups is 1. The second-order valence-corrected chi connectivity index (χ2v) is 9.29. The molecule has 1 aliphatic carbocycles. The molecule has 27 heavy (non-hydrogen) atoms. The highest BCUT2D eigenvalue weighted by molar-refractivity contribution is 8.02. The molecule has 1 heterocycles. The van der Waals surface area contributed by atoms with Gasteiger partial charge in [0.25, 0.3) is 0 Å². The highest BCUT2D eigenvalue weighted by Crippen LogP contribution is 2.32. The van der Waals surface area contributed by atoms with Gasteiger partial charge in [0.1, 0.15) is 5.75 Å². The molecular weight excluding hydrogens is 380 g/mol. The zero-order chi connectivity index (χ0) is 19.2. The van der Waals surface area contributed by atoms with Gasteiger partial charge in [0.05, 0.1) is 12.4 Å². The zero-order valence-electron chi connectivity index (χ0n) is 16.0. The van der Waals surface area contributed by atoms with Crippen LogP contribution >= 0.6 is 23.1 Å². The first kappa shape index (κ1) is 19.9. The van der Waals surface area contributed by atoms with Crippen LogP contribution in [0.3, 0.4) is 0 Å². The standard InChI is InChI=1S/C19H26N4O2S2/c1-13(17(24)23(2)15-7-5-4-6-8-15)26-19-22-21-18(27-19)20-14-9-11-16(25-3)12-10-14/h9-13,15H,4-8H2,1-3H3,(H,20,21). The van der Waals surface area contributed by atoms with Crippen molar-refractivity contribution >= 4 is 39.8 Å². The normalized spacial score (nSPS) is 16.0. The molecule has 1 aromatic heterocycles. The molecule has 1 N–H and O–H groups in total. The number of ether oxygens (including phenoxy) is 1. The summed E-state index contributed by atoms with van der Waals surface area (Å²) in [5.74, 6) is 0.982. The number of amides is 1. The van der Waals surface area contributed by atoms with Gasteiger partial charge in [-0.25, -0.2) is 0 Å². The minimum Gasteiger partial charge on any atom is -0.497 e. The van der Waals surface area contributed by atoms with Crippen LogP contribution in [-0.2, 0) is 4.79 Å². The molecule has 1 aliphatic rings. The first-order valence-corrected chi connectivity index (χ1v) is 10.9. The fourth-order valence-corrected chi connectivity index (χ4v) is 5.26. The van der Waals surface area contributed by atoms with E-state index in [0.29, 0.717) is 11.2 Å². The van der Waals surface area contributed by atoms with E-state index >= 15 is 0 Å². The minimum atomic E-state index is -0.168. The molecule has 1 atom stereocenters. The number of rotatable bonds is 7. The maximum atomic E-state index is 12.7. The number of carbonyl (C=O) groups excluding carboxylic acids is 1. The number of hydrogen-bond donors (Lipinski definition) is 1. The van der Waals surface area contributed by atoms with E-state index in [1.165, 1.54) is 42.4 Å². The fraction of sp³-hybridized carbons (Fsp3) is 0.526. The Labute approximate surface area is 168 Å². The monoisotopic (exact) mass is 406 g/mol. The van der Waals surface area contributed by atoms with Crippen molar-refractivity contribution in [3.63, 3.8) is 0 Å². The SMILES string of the molecule is COc1ccc(Nc2nnc(SC(C)C(=O)N(C)C3CCCCC3)s2)cc1. The highest BCUT2D eigenvalue weighted by Gasteiger charge is 2.26. The molecule has 0 aliphatic heterocycles. The van der Waals surface area contributed by atoms with Gasteiger partial charge in [0.2, 0.25) is 11.0 Å². The number of benzene rings is 1. The van der Waals surface area contributed by atoms with Crippen molar-refractivity contribution in [1.29, 1.82) is 0 Å². The van der Waals surface area contributed by atoms with Crippen molar-refractivity contribution in [2.24, 2.45) is 0 Å². The molecule has 8 heteroatoms. The molecule has 146 valence electrons. The van der Waals surface area contributed by atoms with Gasteiger partial charge in [0, 0.05) is 18.8 Å². The van der Waals surface area contributed by atoms with Crippen LogP contribution in [0.15, 0.2) is 28.6 Å². The van der Waals surface area contributed by atoms with Crippen molar-refractivity contribution in [2.75, 3.05) is 19.5 Å². The van der Waals surface area contributed by atoms with Gasteiger partial charge in [0.15, 0.2) is 4.34 Å². The van der Waals surface area contributed by atoms with E-state index in [1.807, 2.05) is 43.1 Å². The number of aromatic nitrogens is 2. The third kappa shape index (κ3) is 5.35. The first-order valence-electron chi connectivity index (χ1n) is 9.24. The Morgan fingerprint density at radius 3 is 2.63 bits per heavy atom. The Kier molecular flexibility index (Phi) is 6.95. The van der Waals surface area contributed by atoms with Gasteiger partial charge in [-0.3, -0.25) is 4.79 Å². The third-order valence-corrected chi connectivity index (χ3v) is 6.85. The van der Waals surface area contributed by atoms with Gasteiger partial charge in [-0.15, -0.1) is 10.2 Å². The second-order valence-electron chi connectivity index (χ2n) is 6.73. The molecule has 3 rings (SSSR count). The van der Waals surface area contributed by atoms with Crippen LogP contribution in [0.4, 0.5) is 10.8 Å². The summed E-state index contributed by atoms with van der Waals surface area (Å²) in [5.41, 5.74) is 0.921. The van der Waals surface area contributed by atoms with Crippen LogP contribution < -0.4 is 10.1 Å². The fourth-order valence-electron chi connectivity index (χ4n) is 3.24. The van der Waals surface area contributed by atoms with E-state index < -0.39 is 0 Å². The van der Waals surface area contributed by atoms with Gasteiger partial charge < -0.3 is 15.0 Å². The summed E-state index contributed by atoms with van der Waals surface area (Å²) in [5, 5.41) is 12.2. The second kappa shape index (κ2) is 9.41. The lowest BCUT2D eigenvalue weighted by Gasteiger charge is -2.32. The Morgan fingerprint density at radius 2 is 1.96 bits per heavy atom. The Morgan fingerprint density at radius 1 is 1.26 bits per heavy atom. The van der Waals surface area contributed by atoms with E-state index in [9.17, 15) is 4.79 Å². The number of methoxy groups -OCH3 is 1. The van der Waals surface area contributed by atoms with Crippen molar-refractivity contribution in [1.82, 2.24) is 15.1 Å². The first-order chi connectivity index (χ1) is 13.1. The molecule has 0 spiro atoms. The predicted molar refractivity (Wildman–Crippen MR) is 111 cm³/mol. The van der Waals surface area contributed by atoms with Crippen LogP contribution in [0.1, 0.15) is 39.0 Å². The lowest BCUT2D eigenvalue weighted by molar-refractivity contribution is -0.131. The maximum Gasteiger partial charge on any atom is 0.235 e. The smallest absolute Gasteiger partial charge is 0.235 e. The molecule has 0 radical (unpaired) electrons. The average molecular weight is 407 g/mol. The van der Waals surface area contributed by atoms with Gasteiger partial charge in [-0.1, -0.05) is 42.4 Å². The molecule has 1 fully saturated rings. The lowest BCUT2D eigenvalue weighted by Crippen LogP contribution is -2.42. The Bertz CT molecular complexity index is 744. The quantitative estimate of drug-likeness (QED) is 0.680. The van der Waals surface area contributed by atoms with Crippen LogP contribution in [0.2, 0.25) is 0 Å². The van der Waals surface area contributed by atoms with E-state index in [0.717, 1.165) is 28.6 Å². The summed E-state index contributed by atoms with van der Waals surface area (Å²) in [6.45, 7) is 1.95. The number of thioether (sulfide) groups is 1. The topological polar surface area (TPSA) is 67.3 Å². The summed E-state index contributed by atoms with van der Waals surface area (Å²) < 4.78 is 5.96. The van der Waals surface area contributed by atoms with Gasteiger partial charge in [-0.2, -0.15) is 0 Å². The third-order valence-electron chi connectivity index (χ3n) is 4.84. The molecule has 1 unspecified atom stereocenters. The summed E-state index contributed by atoms with van der Waals surface area (Å²) in [6.07, 6.45) is 5.97. The number of nitrogens with zero attached hydrogens (tertiary/aromatic N) is 3. The molecule has 0 saturated heterocycles. The van der Waals surface area contributed by atoms with E-state index in [4.69, 9.17) is 4.74 Å². The van der Waals surface area contributed by atoms with Crippen molar-refractivity contribution in [2.45, 2.75) is 54.7 Å². The molecule has 1 aromatic carbocycles. The van der Waals surface area contributed by atoms with Crippen LogP contribution in [-0.4, -0.2) is 46.5 Å². The highest BCUT2D eigenvalue weighted by atomic mass is 32.2. The van der Waals surface area contributed by atoms with Crippen molar-refractivity contribution in [3.05, 3.63) is 24.3 Å². The number of nitrogens with one attached hydrogen (secondary N) is 1. The molecule has 1 saturated carbocycles. The van der Waals surface area contributed by atoms with Crippen LogP contribution in [0.5, 0.6) is 5.75 Å². The zero-order valence-corrected chi connectivity index (χ0v) is 17.6. The van der Waals surface area contributed by atoms with Crippen LogP contribution in [0, 0.1) is 0 Å². The number of hydrogen-bond acceptors (Lipinski definition) is 7. The summed E-state index contributed by atoms with van der Waals surface area (Å²) >= 11 is 2.93. The number of anilines is 2. The van der Waals surface area contributed by atoms with E-state index in [2.05, 4.69) is 15.5 Å². The largest absolute Gasteiger partial charge is 0.497 e. The summed E-state index contributed by atoms with van der Waals surface area (Å²) in [6, 6.07) is 8.02. The molecule has 1 amide bonds. The van der Waals surface area contributed by atoms with E-state index in [-0.39, 0.29) is 11.2 Å². The van der Waals surface area contributed by atoms with Crippen LogP contribution in [0.25, 0.3) is 0 Å². The minimum absolute atomic E-state index is 0.168. The summed E-state index contributed by atoms with van der Waals surface area (Å²) in [7, 11) is 3.58. The van der Waals surface area contributed by atoms with Gasteiger partial charge >= 0.3 is 0 Å². The van der Waals surface area contributed by atoms with Gasteiger partial charge in [-0.05, 0) is 44.0 Å². The Hall–Kier alpha value is -1.80.